The lowest BCUT2D eigenvalue weighted by Gasteiger charge is -2.13. The number of amides is 1. The van der Waals surface area contributed by atoms with Gasteiger partial charge in [0.05, 0.1) is 34.5 Å². The summed E-state index contributed by atoms with van der Waals surface area (Å²) in [5, 5.41) is 12.7. The fourth-order valence-corrected chi connectivity index (χ4v) is 3.19. The van der Waals surface area contributed by atoms with E-state index in [0.29, 0.717) is 24.1 Å². The van der Waals surface area contributed by atoms with Crippen molar-refractivity contribution in [3.63, 3.8) is 0 Å². The zero-order valence-electron chi connectivity index (χ0n) is 17.4. The van der Waals surface area contributed by atoms with Crippen LogP contribution >= 0.6 is 0 Å². The Labute approximate surface area is 184 Å². The molecule has 0 unspecified atom stereocenters. The van der Waals surface area contributed by atoms with Crippen LogP contribution in [0, 0.1) is 24.0 Å². The van der Waals surface area contributed by atoms with E-state index in [0.717, 1.165) is 17.8 Å². The predicted octanol–water partition coefficient (Wildman–Crippen LogP) is 4.47. The highest BCUT2D eigenvalue weighted by atomic mass is 19.4. The lowest BCUT2D eigenvalue weighted by Crippen LogP contribution is -2.23. The van der Waals surface area contributed by atoms with Gasteiger partial charge in [0.1, 0.15) is 5.76 Å². The molecule has 0 bridgehead atoms. The normalized spacial score (nSPS) is 11.3. The summed E-state index contributed by atoms with van der Waals surface area (Å²) in [5.41, 5.74) is -1.37. The second-order valence-electron chi connectivity index (χ2n) is 7.06. The highest BCUT2D eigenvalue weighted by Gasteiger charge is 2.35. The summed E-state index contributed by atoms with van der Waals surface area (Å²) >= 11 is 0. The average Bonchev–Trinajstić information content (AvgIpc) is 3.35. The van der Waals surface area contributed by atoms with Gasteiger partial charge in [-0.05, 0) is 38.1 Å². The lowest BCUT2D eigenvalue weighted by molar-refractivity contribution is -0.385. The number of ether oxygens (including phenoxy) is 1. The number of aromatic nitrogens is 1. The number of hydrogen-bond donors (Lipinski definition) is 1. The molecule has 0 saturated carbocycles. The number of non-ortho nitro benzene ring substituents is 1. The van der Waals surface area contributed by atoms with Crippen LogP contribution in [0.4, 0.5) is 24.5 Å². The molecule has 33 heavy (non-hydrogen) atoms. The third kappa shape index (κ3) is 5.40. The summed E-state index contributed by atoms with van der Waals surface area (Å²) in [6.07, 6.45) is -3.43. The zero-order chi connectivity index (χ0) is 24.3. The minimum absolute atomic E-state index is 0.193. The second-order valence-corrected chi connectivity index (χ2v) is 7.06. The van der Waals surface area contributed by atoms with Gasteiger partial charge in [-0.2, -0.15) is 13.2 Å². The maximum atomic E-state index is 13.2. The molecule has 0 aliphatic carbocycles. The predicted molar refractivity (Wildman–Crippen MR) is 109 cm³/mol. The number of nitrogens with one attached hydrogen (secondary N) is 1. The van der Waals surface area contributed by atoms with Gasteiger partial charge in [0, 0.05) is 23.5 Å². The van der Waals surface area contributed by atoms with Crippen molar-refractivity contribution in [3.05, 3.63) is 81.1 Å². The van der Waals surface area contributed by atoms with E-state index in [-0.39, 0.29) is 5.56 Å². The molecular weight excluding hydrogens is 447 g/mol. The Morgan fingerprint density at radius 1 is 1.21 bits per heavy atom. The van der Waals surface area contributed by atoms with Crippen LogP contribution in [0.2, 0.25) is 0 Å². The first-order chi connectivity index (χ1) is 15.5. The van der Waals surface area contributed by atoms with Gasteiger partial charge >= 0.3 is 12.1 Å². The number of nitrogens with zero attached hydrogens (tertiary/aromatic N) is 2. The first-order valence-corrected chi connectivity index (χ1v) is 9.49. The Kier molecular flexibility index (Phi) is 6.56. The van der Waals surface area contributed by atoms with Crippen LogP contribution < -0.4 is 5.32 Å². The van der Waals surface area contributed by atoms with Gasteiger partial charge < -0.3 is 19.0 Å². The smallest absolute Gasteiger partial charge is 0.418 e. The summed E-state index contributed by atoms with van der Waals surface area (Å²) in [7, 11) is 0. The molecule has 0 aliphatic heterocycles. The molecule has 1 amide bonds. The monoisotopic (exact) mass is 465 g/mol. The Balaban J connectivity index is 1.68. The first-order valence-electron chi connectivity index (χ1n) is 9.49. The molecule has 1 N–H and O–H groups in total. The number of carbonyl (C=O) groups excluding carboxylic acids is 2. The summed E-state index contributed by atoms with van der Waals surface area (Å²) < 4.78 is 51.8. The summed E-state index contributed by atoms with van der Waals surface area (Å²) in [4.78, 5) is 34.3. The Morgan fingerprint density at radius 3 is 2.55 bits per heavy atom. The van der Waals surface area contributed by atoms with Crippen molar-refractivity contribution < 1.29 is 36.8 Å². The lowest BCUT2D eigenvalue weighted by atomic mass is 10.1. The van der Waals surface area contributed by atoms with Crippen LogP contribution in [0.25, 0.3) is 0 Å². The van der Waals surface area contributed by atoms with Crippen molar-refractivity contribution in [2.24, 2.45) is 0 Å². The molecule has 2 aromatic heterocycles. The van der Waals surface area contributed by atoms with Gasteiger partial charge in [-0.3, -0.25) is 14.9 Å². The quantitative estimate of drug-likeness (QED) is 0.313. The van der Waals surface area contributed by atoms with Crippen LogP contribution in [0.15, 0.2) is 47.1 Å². The number of rotatable bonds is 7. The van der Waals surface area contributed by atoms with E-state index in [1.54, 1.807) is 32.0 Å². The standard InChI is InChI=1S/C21H18F3N3O6/c1-12-8-16(13(2)26(12)10-15-4-3-7-32-15)20(29)33-11-19(28)25-18-6-5-14(27(30)31)9-17(18)21(22,23)24/h3-9H,10-11H2,1-2H3,(H,25,28). The van der Waals surface area contributed by atoms with E-state index >= 15 is 0 Å². The number of alkyl halides is 3. The maximum absolute atomic E-state index is 13.2. The summed E-state index contributed by atoms with van der Waals surface area (Å²) in [6.45, 7) is 2.97. The third-order valence-electron chi connectivity index (χ3n) is 4.82. The molecular formula is C21H18F3N3O6. The molecule has 0 aliphatic rings. The van der Waals surface area contributed by atoms with Gasteiger partial charge in [-0.15, -0.1) is 0 Å². The van der Waals surface area contributed by atoms with E-state index < -0.39 is 46.5 Å². The van der Waals surface area contributed by atoms with Crippen molar-refractivity contribution in [1.29, 1.82) is 0 Å². The van der Waals surface area contributed by atoms with Crippen molar-refractivity contribution in [1.82, 2.24) is 4.57 Å². The van der Waals surface area contributed by atoms with E-state index in [1.807, 2.05) is 9.88 Å². The molecule has 3 aromatic rings. The number of nitro groups is 1. The van der Waals surface area contributed by atoms with E-state index in [9.17, 15) is 32.9 Å². The number of esters is 1. The highest BCUT2D eigenvalue weighted by molar-refractivity contribution is 5.96. The molecule has 0 atom stereocenters. The van der Waals surface area contributed by atoms with Crippen LogP contribution in [-0.4, -0.2) is 28.0 Å². The zero-order valence-corrected chi connectivity index (χ0v) is 17.4. The van der Waals surface area contributed by atoms with Gasteiger partial charge in [-0.25, -0.2) is 4.79 Å². The molecule has 0 radical (unpaired) electrons. The molecule has 1 aromatic carbocycles. The van der Waals surface area contributed by atoms with Crippen molar-refractivity contribution in [3.8, 4) is 0 Å². The highest BCUT2D eigenvalue weighted by Crippen LogP contribution is 2.37. The van der Waals surface area contributed by atoms with Crippen LogP contribution in [-0.2, 0) is 22.3 Å². The molecule has 3 rings (SSSR count). The number of anilines is 1. The Hall–Kier alpha value is -4.09. The summed E-state index contributed by atoms with van der Waals surface area (Å²) in [6, 6.07) is 6.97. The Morgan fingerprint density at radius 2 is 1.94 bits per heavy atom. The van der Waals surface area contributed by atoms with Gasteiger partial charge in [0.25, 0.3) is 11.6 Å². The van der Waals surface area contributed by atoms with Crippen molar-refractivity contribution in [2.75, 3.05) is 11.9 Å². The number of aryl methyl sites for hydroxylation is 1. The van der Waals surface area contributed by atoms with Crippen LogP contribution in [0.5, 0.6) is 0 Å². The molecule has 0 spiro atoms. The largest absolute Gasteiger partial charge is 0.467 e. The molecule has 9 nitrogen and oxygen atoms in total. The topological polar surface area (TPSA) is 117 Å². The molecule has 2 heterocycles. The number of nitro benzene ring substituents is 1. The Bertz CT molecular complexity index is 1200. The fraction of sp³-hybridized carbons (Fsp3) is 0.238. The third-order valence-corrected chi connectivity index (χ3v) is 4.82. The van der Waals surface area contributed by atoms with Gasteiger partial charge in [0.2, 0.25) is 0 Å². The number of halogens is 3. The number of furan rings is 1. The van der Waals surface area contributed by atoms with Gasteiger partial charge in [-0.1, -0.05) is 0 Å². The number of benzene rings is 1. The number of hydrogen-bond acceptors (Lipinski definition) is 6. The van der Waals surface area contributed by atoms with E-state index in [1.165, 1.54) is 6.26 Å². The van der Waals surface area contributed by atoms with Gasteiger partial charge in [0.15, 0.2) is 6.61 Å². The van der Waals surface area contributed by atoms with E-state index in [4.69, 9.17) is 9.15 Å². The molecule has 174 valence electrons. The molecule has 0 saturated heterocycles. The van der Waals surface area contributed by atoms with E-state index in [2.05, 4.69) is 0 Å². The fourth-order valence-electron chi connectivity index (χ4n) is 3.19. The maximum Gasteiger partial charge on any atom is 0.418 e. The van der Waals surface area contributed by atoms with Crippen molar-refractivity contribution >= 4 is 23.3 Å². The average molecular weight is 465 g/mol. The second kappa shape index (κ2) is 9.18. The first kappa shape index (κ1) is 23.6. The molecule has 12 heteroatoms. The minimum Gasteiger partial charge on any atom is -0.467 e. The SMILES string of the molecule is Cc1cc(C(=O)OCC(=O)Nc2ccc([N+](=O)[O-])cc2C(F)(F)F)c(C)n1Cc1ccco1. The number of carbonyl (C=O) groups is 2. The van der Waals surface area contributed by atoms with Crippen LogP contribution in [0.3, 0.4) is 0 Å². The minimum atomic E-state index is -4.95. The van der Waals surface area contributed by atoms with Crippen molar-refractivity contribution in [2.45, 2.75) is 26.6 Å². The molecule has 0 fully saturated rings. The summed E-state index contributed by atoms with van der Waals surface area (Å²) in [5.74, 6) is -1.20. The van der Waals surface area contributed by atoms with Crippen LogP contribution in [0.1, 0.15) is 33.1 Å².